The lowest BCUT2D eigenvalue weighted by Crippen LogP contribution is -2.34. The molecule has 21 heavy (non-hydrogen) atoms. The van der Waals surface area contributed by atoms with Crippen LogP contribution in [0.1, 0.15) is 10.4 Å². The van der Waals surface area contributed by atoms with E-state index in [-0.39, 0.29) is 10.7 Å². The summed E-state index contributed by atoms with van der Waals surface area (Å²) >= 11 is 13.2. The number of rotatable bonds is 2. The van der Waals surface area contributed by atoms with Gasteiger partial charge < -0.3 is 5.32 Å². The van der Waals surface area contributed by atoms with E-state index in [4.69, 9.17) is 23.8 Å². The molecular weight excluding hydrogens is 426 g/mol. The summed E-state index contributed by atoms with van der Waals surface area (Å²) in [5, 5.41) is 5.73. The third kappa shape index (κ3) is 4.36. The Kier molecular flexibility index (Phi) is 5.49. The summed E-state index contributed by atoms with van der Waals surface area (Å²) in [4.78, 5) is 11.9. The van der Waals surface area contributed by atoms with E-state index >= 15 is 0 Å². The van der Waals surface area contributed by atoms with Crippen molar-refractivity contribution in [2.75, 3.05) is 5.32 Å². The highest BCUT2D eigenvalue weighted by molar-refractivity contribution is 14.1. The standard InChI is InChI=1S/C14H9ClFIN2OS/c15-10-7-8(17)5-6-12(10)18-14(21)19-13(20)9-3-1-2-4-11(9)16/h1-7H,(H2,18,19,20,21). The molecule has 0 aromatic heterocycles. The van der Waals surface area contributed by atoms with Crippen LogP contribution < -0.4 is 10.6 Å². The van der Waals surface area contributed by atoms with Crippen LogP contribution in [0.5, 0.6) is 0 Å². The smallest absolute Gasteiger partial charge is 0.260 e. The molecule has 3 nitrogen and oxygen atoms in total. The Morgan fingerprint density at radius 1 is 1.24 bits per heavy atom. The second-order valence-corrected chi connectivity index (χ2v) is 6.07. The van der Waals surface area contributed by atoms with Crippen LogP contribution in [0.15, 0.2) is 42.5 Å². The monoisotopic (exact) mass is 434 g/mol. The van der Waals surface area contributed by atoms with Crippen molar-refractivity contribution in [3.63, 3.8) is 0 Å². The van der Waals surface area contributed by atoms with Crippen molar-refractivity contribution < 1.29 is 9.18 Å². The van der Waals surface area contributed by atoms with E-state index in [0.717, 1.165) is 3.57 Å². The normalized spacial score (nSPS) is 10.0. The Hall–Kier alpha value is -1.25. The minimum atomic E-state index is -0.618. The predicted molar refractivity (Wildman–Crippen MR) is 94.3 cm³/mol. The zero-order valence-electron chi connectivity index (χ0n) is 10.5. The van der Waals surface area contributed by atoms with E-state index < -0.39 is 11.7 Å². The van der Waals surface area contributed by atoms with Crippen molar-refractivity contribution in [3.05, 3.63) is 62.4 Å². The van der Waals surface area contributed by atoms with Crippen LogP contribution >= 0.6 is 46.4 Å². The number of anilines is 1. The summed E-state index contributed by atoms with van der Waals surface area (Å²) in [5.74, 6) is -1.22. The van der Waals surface area contributed by atoms with Gasteiger partial charge in [0.05, 0.1) is 16.3 Å². The van der Waals surface area contributed by atoms with Crippen LogP contribution in [-0.4, -0.2) is 11.0 Å². The van der Waals surface area contributed by atoms with Crippen molar-refractivity contribution in [3.8, 4) is 0 Å². The lowest BCUT2D eigenvalue weighted by atomic mass is 10.2. The Morgan fingerprint density at radius 2 is 1.95 bits per heavy atom. The number of hydrogen-bond acceptors (Lipinski definition) is 2. The fourth-order valence-electron chi connectivity index (χ4n) is 1.56. The molecule has 2 N–H and O–H groups in total. The van der Waals surface area contributed by atoms with Crippen molar-refractivity contribution in [2.45, 2.75) is 0 Å². The average molecular weight is 435 g/mol. The van der Waals surface area contributed by atoms with Gasteiger partial charge in [-0.3, -0.25) is 10.1 Å². The first-order valence-corrected chi connectivity index (χ1v) is 7.66. The summed E-state index contributed by atoms with van der Waals surface area (Å²) in [6.45, 7) is 0. The fraction of sp³-hybridized carbons (Fsp3) is 0. The second-order valence-electron chi connectivity index (χ2n) is 4.01. The van der Waals surface area contributed by atoms with Gasteiger partial charge in [-0.2, -0.15) is 0 Å². The molecule has 0 aliphatic carbocycles. The lowest BCUT2D eigenvalue weighted by molar-refractivity contribution is 0.0974. The topological polar surface area (TPSA) is 41.1 Å². The average Bonchev–Trinajstić information content (AvgIpc) is 2.42. The maximum Gasteiger partial charge on any atom is 0.260 e. The van der Waals surface area contributed by atoms with Crippen LogP contribution in [0.25, 0.3) is 0 Å². The van der Waals surface area contributed by atoms with E-state index in [0.29, 0.717) is 10.7 Å². The van der Waals surface area contributed by atoms with Gasteiger partial charge in [0.2, 0.25) is 0 Å². The largest absolute Gasteiger partial charge is 0.331 e. The molecule has 0 aliphatic heterocycles. The molecule has 0 spiro atoms. The Morgan fingerprint density at radius 3 is 2.62 bits per heavy atom. The molecule has 0 atom stereocenters. The molecule has 0 fully saturated rings. The molecule has 1 amide bonds. The number of thiocarbonyl (C=S) groups is 1. The van der Waals surface area contributed by atoms with Gasteiger partial charge in [0.25, 0.3) is 5.91 Å². The van der Waals surface area contributed by atoms with E-state index in [1.54, 1.807) is 18.2 Å². The molecule has 7 heteroatoms. The van der Waals surface area contributed by atoms with Gasteiger partial charge in [0.15, 0.2) is 5.11 Å². The van der Waals surface area contributed by atoms with Gasteiger partial charge in [-0.25, -0.2) is 4.39 Å². The molecule has 0 saturated heterocycles. The van der Waals surface area contributed by atoms with Gasteiger partial charge in [-0.15, -0.1) is 0 Å². The Balaban J connectivity index is 2.05. The zero-order chi connectivity index (χ0) is 15.4. The molecular formula is C14H9ClFIN2OS. The van der Waals surface area contributed by atoms with Gasteiger partial charge in [-0.05, 0) is 65.1 Å². The van der Waals surface area contributed by atoms with Gasteiger partial charge >= 0.3 is 0 Å². The highest BCUT2D eigenvalue weighted by atomic mass is 127. The Bertz CT molecular complexity index is 711. The molecule has 0 saturated carbocycles. The number of carbonyl (C=O) groups is 1. The molecule has 0 bridgehead atoms. The number of halogens is 3. The minimum absolute atomic E-state index is 0.0476. The zero-order valence-corrected chi connectivity index (χ0v) is 14.2. The first-order valence-electron chi connectivity index (χ1n) is 5.79. The van der Waals surface area contributed by atoms with Gasteiger partial charge in [0.1, 0.15) is 5.82 Å². The summed E-state index contributed by atoms with van der Waals surface area (Å²) in [5.41, 5.74) is 0.492. The minimum Gasteiger partial charge on any atom is -0.331 e. The van der Waals surface area contributed by atoms with Gasteiger partial charge in [0, 0.05) is 3.57 Å². The Labute approximate surface area is 145 Å². The SMILES string of the molecule is O=C(NC(=S)Nc1ccc(I)cc1Cl)c1ccccc1F. The summed E-state index contributed by atoms with van der Waals surface area (Å²) < 4.78 is 14.5. The summed E-state index contributed by atoms with van der Waals surface area (Å²) in [6.07, 6.45) is 0. The van der Waals surface area contributed by atoms with Crippen LogP contribution in [0, 0.1) is 9.39 Å². The molecule has 108 valence electrons. The number of nitrogens with one attached hydrogen (secondary N) is 2. The second kappa shape index (κ2) is 7.15. The maximum atomic E-state index is 13.5. The van der Waals surface area contributed by atoms with E-state index in [1.807, 2.05) is 6.07 Å². The van der Waals surface area contributed by atoms with E-state index in [1.165, 1.54) is 18.2 Å². The number of hydrogen-bond donors (Lipinski definition) is 2. The third-order valence-electron chi connectivity index (χ3n) is 2.52. The lowest BCUT2D eigenvalue weighted by Gasteiger charge is -2.11. The third-order valence-corrected chi connectivity index (χ3v) is 3.71. The van der Waals surface area contributed by atoms with Crippen molar-refractivity contribution in [1.29, 1.82) is 0 Å². The molecule has 0 aliphatic rings. The van der Waals surface area contributed by atoms with E-state index in [9.17, 15) is 9.18 Å². The summed E-state index contributed by atoms with van der Waals surface area (Å²) in [6, 6.07) is 11.0. The predicted octanol–water partition coefficient (Wildman–Crippen LogP) is 4.21. The highest BCUT2D eigenvalue weighted by Crippen LogP contribution is 2.23. The van der Waals surface area contributed by atoms with Gasteiger partial charge in [-0.1, -0.05) is 23.7 Å². The van der Waals surface area contributed by atoms with Crippen molar-refractivity contribution in [2.24, 2.45) is 0 Å². The molecule has 2 aromatic carbocycles. The van der Waals surface area contributed by atoms with E-state index in [2.05, 4.69) is 33.2 Å². The molecule has 0 heterocycles. The molecule has 2 rings (SSSR count). The van der Waals surface area contributed by atoms with Crippen LogP contribution in [0.4, 0.5) is 10.1 Å². The first kappa shape index (κ1) is 16.1. The number of amides is 1. The molecule has 0 radical (unpaired) electrons. The maximum absolute atomic E-state index is 13.5. The number of benzene rings is 2. The van der Waals surface area contributed by atoms with Crippen LogP contribution in [0.3, 0.4) is 0 Å². The summed E-state index contributed by atoms with van der Waals surface area (Å²) in [7, 11) is 0. The first-order chi connectivity index (χ1) is 9.97. The quantitative estimate of drug-likeness (QED) is 0.550. The molecule has 0 unspecified atom stereocenters. The fourth-order valence-corrected chi connectivity index (χ4v) is 2.67. The van der Waals surface area contributed by atoms with Crippen LogP contribution in [0.2, 0.25) is 5.02 Å². The number of carbonyl (C=O) groups excluding carboxylic acids is 1. The van der Waals surface area contributed by atoms with Crippen LogP contribution in [-0.2, 0) is 0 Å². The molecule has 2 aromatic rings. The van der Waals surface area contributed by atoms with Crippen molar-refractivity contribution >= 4 is 63.1 Å². The van der Waals surface area contributed by atoms with Crippen molar-refractivity contribution in [1.82, 2.24) is 5.32 Å². The highest BCUT2D eigenvalue weighted by Gasteiger charge is 2.12.